The zero-order valence-electron chi connectivity index (χ0n) is 11.2. The van der Waals surface area contributed by atoms with Crippen LogP contribution in [0.1, 0.15) is 6.92 Å². The number of hydrogen-bond donors (Lipinski definition) is 2. The smallest absolute Gasteiger partial charge is 0.246 e. The maximum Gasteiger partial charge on any atom is 0.246 e. The average Bonchev–Trinajstić information content (AvgIpc) is 2.45. The summed E-state index contributed by atoms with van der Waals surface area (Å²) in [6, 6.07) is 10.3. The van der Waals surface area contributed by atoms with E-state index in [-0.39, 0.29) is 11.6 Å². The van der Waals surface area contributed by atoms with E-state index in [1.165, 1.54) is 6.07 Å². The van der Waals surface area contributed by atoms with Crippen molar-refractivity contribution in [2.75, 3.05) is 10.6 Å². The SMILES string of the molecule is C[C@H](Nc1ccc(I)cc1)C(=O)Nc1ccc(F)c(F)c1. The minimum atomic E-state index is -0.994. The molecule has 2 rings (SSSR count). The summed E-state index contributed by atoms with van der Waals surface area (Å²) in [7, 11) is 0. The predicted molar refractivity (Wildman–Crippen MR) is 87.2 cm³/mol. The third-order valence-corrected chi connectivity index (χ3v) is 3.53. The molecule has 6 heteroatoms. The fraction of sp³-hybridized carbons (Fsp3) is 0.133. The van der Waals surface area contributed by atoms with Gasteiger partial charge < -0.3 is 10.6 Å². The topological polar surface area (TPSA) is 41.1 Å². The Bertz CT molecular complexity index is 647. The fourth-order valence-corrected chi connectivity index (χ4v) is 2.05. The van der Waals surface area contributed by atoms with Gasteiger partial charge in [0.15, 0.2) is 11.6 Å². The number of amides is 1. The van der Waals surface area contributed by atoms with Crippen LogP contribution in [0.5, 0.6) is 0 Å². The maximum atomic E-state index is 13.1. The Morgan fingerprint density at radius 3 is 2.29 bits per heavy atom. The summed E-state index contributed by atoms with van der Waals surface area (Å²) in [5.74, 6) is -2.27. The lowest BCUT2D eigenvalue weighted by molar-refractivity contribution is -0.116. The van der Waals surface area contributed by atoms with Crippen LogP contribution in [0.25, 0.3) is 0 Å². The van der Waals surface area contributed by atoms with Crippen molar-refractivity contribution in [2.24, 2.45) is 0 Å². The lowest BCUT2D eigenvalue weighted by Crippen LogP contribution is -2.31. The Morgan fingerprint density at radius 1 is 1.05 bits per heavy atom. The highest BCUT2D eigenvalue weighted by Gasteiger charge is 2.13. The molecule has 0 aliphatic carbocycles. The van der Waals surface area contributed by atoms with Crippen molar-refractivity contribution in [2.45, 2.75) is 13.0 Å². The highest BCUT2D eigenvalue weighted by molar-refractivity contribution is 14.1. The largest absolute Gasteiger partial charge is 0.374 e. The van der Waals surface area contributed by atoms with E-state index < -0.39 is 17.7 Å². The van der Waals surface area contributed by atoms with Crippen molar-refractivity contribution >= 4 is 39.9 Å². The Labute approximate surface area is 134 Å². The summed E-state index contributed by atoms with van der Waals surface area (Å²) in [4.78, 5) is 12.0. The molecule has 0 heterocycles. The lowest BCUT2D eigenvalue weighted by Gasteiger charge is -2.15. The van der Waals surface area contributed by atoms with Crippen molar-refractivity contribution in [1.82, 2.24) is 0 Å². The van der Waals surface area contributed by atoms with Crippen LogP contribution in [0.4, 0.5) is 20.2 Å². The molecule has 0 saturated carbocycles. The summed E-state index contributed by atoms with van der Waals surface area (Å²) in [6.07, 6.45) is 0. The van der Waals surface area contributed by atoms with E-state index in [1.807, 2.05) is 24.3 Å². The molecule has 2 aromatic rings. The van der Waals surface area contributed by atoms with Crippen molar-refractivity contribution < 1.29 is 13.6 Å². The van der Waals surface area contributed by atoms with Gasteiger partial charge in [0.1, 0.15) is 6.04 Å². The highest BCUT2D eigenvalue weighted by Crippen LogP contribution is 2.15. The third-order valence-electron chi connectivity index (χ3n) is 2.81. The van der Waals surface area contributed by atoms with E-state index in [2.05, 4.69) is 33.2 Å². The van der Waals surface area contributed by atoms with E-state index in [9.17, 15) is 13.6 Å². The summed E-state index contributed by atoms with van der Waals surface area (Å²) in [5.41, 5.74) is 1.03. The first-order valence-corrected chi connectivity index (χ1v) is 7.31. The first kappa shape index (κ1) is 15.7. The second-order valence-electron chi connectivity index (χ2n) is 4.49. The van der Waals surface area contributed by atoms with Gasteiger partial charge >= 0.3 is 0 Å². The second kappa shape index (κ2) is 6.84. The molecule has 0 aromatic heterocycles. The van der Waals surface area contributed by atoms with Crippen LogP contribution < -0.4 is 10.6 Å². The molecule has 3 nitrogen and oxygen atoms in total. The van der Waals surface area contributed by atoms with Gasteiger partial charge in [-0.15, -0.1) is 0 Å². The fourth-order valence-electron chi connectivity index (χ4n) is 1.69. The number of carbonyl (C=O) groups excluding carboxylic acids is 1. The molecule has 0 aliphatic rings. The maximum absolute atomic E-state index is 13.1. The molecule has 0 fully saturated rings. The van der Waals surface area contributed by atoms with Crippen molar-refractivity contribution in [1.29, 1.82) is 0 Å². The van der Waals surface area contributed by atoms with Crippen molar-refractivity contribution in [3.8, 4) is 0 Å². The molecule has 0 saturated heterocycles. The van der Waals surface area contributed by atoms with E-state index >= 15 is 0 Å². The van der Waals surface area contributed by atoms with Gasteiger partial charge in [-0.3, -0.25) is 4.79 Å². The molecular weight excluding hydrogens is 389 g/mol. The third kappa shape index (κ3) is 4.38. The van der Waals surface area contributed by atoms with Crippen molar-refractivity contribution in [3.05, 3.63) is 57.7 Å². The molecule has 0 spiro atoms. The first-order chi connectivity index (χ1) is 9.95. The monoisotopic (exact) mass is 402 g/mol. The number of anilines is 2. The Hall–Kier alpha value is -1.70. The highest BCUT2D eigenvalue weighted by atomic mass is 127. The molecule has 0 bridgehead atoms. The number of benzene rings is 2. The van der Waals surface area contributed by atoms with E-state index in [0.29, 0.717) is 0 Å². The van der Waals surface area contributed by atoms with Crippen molar-refractivity contribution in [3.63, 3.8) is 0 Å². The second-order valence-corrected chi connectivity index (χ2v) is 5.74. The van der Waals surface area contributed by atoms with Crippen LogP contribution in [0.3, 0.4) is 0 Å². The number of rotatable bonds is 4. The predicted octanol–water partition coefficient (Wildman–Crippen LogP) is 4.01. The van der Waals surface area contributed by atoms with Gasteiger partial charge in [0, 0.05) is 21.0 Å². The van der Waals surface area contributed by atoms with Gasteiger partial charge in [-0.2, -0.15) is 0 Å². The lowest BCUT2D eigenvalue weighted by atomic mass is 10.2. The van der Waals surface area contributed by atoms with E-state index in [0.717, 1.165) is 21.4 Å². The zero-order chi connectivity index (χ0) is 15.4. The minimum Gasteiger partial charge on any atom is -0.374 e. The molecular formula is C15H13F2IN2O. The molecule has 1 amide bonds. The van der Waals surface area contributed by atoms with Crippen LogP contribution >= 0.6 is 22.6 Å². The van der Waals surface area contributed by atoms with Crippen LogP contribution in [-0.4, -0.2) is 11.9 Å². The normalized spacial score (nSPS) is 11.8. The van der Waals surface area contributed by atoms with Crippen LogP contribution in [-0.2, 0) is 4.79 Å². The number of carbonyl (C=O) groups is 1. The van der Waals surface area contributed by atoms with Gasteiger partial charge in [-0.05, 0) is 65.9 Å². The van der Waals surface area contributed by atoms with Crippen LogP contribution in [0.15, 0.2) is 42.5 Å². The molecule has 0 aliphatic heterocycles. The van der Waals surface area contributed by atoms with E-state index in [4.69, 9.17) is 0 Å². The van der Waals surface area contributed by atoms with Gasteiger partial charge in [0.25, 0.3) is 0 Å². The molecule has 2 N–H and O–H groups in total. The van der Waals surface area contributed by atoms with Gasteiger partial charge in [0.05, 0.1) is 0 Å². The number of nitrogens with one attached hydrogen (secondary N) is 2. The Balaban J connectivity index is 1.98. The molecule has 110 valence electrons. The standard InChI is InChI=1S/C15H13F2IN2O/c1-9(19-11-4-2-10(18)3-5-11)15(21)20-12-6-7-13(16)14(17)8-12/h2-9,19H,1H3,(H,20,21)/t9-/m0/s1. The molecule has 21 heavy (non-hydrogen) atoms. The van der Waals surface area contributed by atoms with Gasteiger partial charge in [-0.1, -0.05) is 0 Å². The average molecular weight is 402 g/mol. The molecule has 0 unspecified atom stereocenters. The first-order valence-electron chi connectivity index (χ1n) is 6.24. The molecule has 0 radical (unpaired) electrons. The van der Waals surface area contributed by atoms with Gasteiger partial charge in [0.2, 0.25) is 5.91 Å². The number of hydrogen-bond acceptors (Lipinski definition) is 2. The van der Waals surface area contributed by atoms with Gasteiger partial charge in [-0.25, -0.2) is 8.78 Å². The van der Waals surface area contributed by atoms with Crippen LogP contribution in [0, 0.1) is 15.2 Å². The minimum absolute atomic E-state index is 0.218. The quantitative estimate of drug-likeness (QED) is 0.760. The summed E-state index contributed by atoms with van der Waals surface area (Å²) < 4.78 is 27.0. The summed E-state index contributed by atoms with van der Waals surface area (Å²) >= 11 is 2.19. The molecule has 1 atom stereocenters. The Morgan fingerprint density at radius 2 is 1.67 bits per heavy atom. The zero-order valence-corrected chi connectivity index (χ0v) is 13.3. The molecule has 2 aromatic carbocycles. The van der Waals surface area contributed by atoms with Crippen LogP contribution in [0.2, 0.25) is 0 Å². The Kier molecular flexibility index (Phi) is 5.11. The summed E-state index contributed by atoms with van der Waals surface area (Å²) in [6.45, 7) is 1.69. The number of halogens is 3. The van der Waals surface area contributed by atoms with E-state index in [1.54, 1.807) is 6.92 Å². The summed E-state index contributed by atoms with van der Waals surface area (Å²) in [5, 5.41) is 5.56.